The number of rotatable bonds is 4. The second-order valence-electron chi connectivity index (χ2n) is 6.94. The van der Waals surface area contributed by atoms with Crippen LogP contribution in [-0.2, 0) is 9.59 Å². The Morgan fingerprint density at radius 1 is 1.08 bits per heavy atom. The number of carbonyl (C=O) groups is 2. The molecule has 1 aromatic carbocycles. The first kappa shape index (κ1) is 16.7. The Labute approximate surface area is 144 Å². The Hall–Kier alpha value is -2.10. The standard InChI is InChI=1S/C20H26N2O2/c1-20(19(24)21-14-6-3-7-15-21)13-16-22(20)18(23)12-8-11-17-9-4-2-5-10-17/h2,4-5,8-11H,3,6-7,12-16H2,1H3/b11-8+. The summed E-state index contributed by atoms with van der Waals surface area (Å²) in [5.41, 5.74) is 0.454. The van der Waals surface area contributed by atoms with E-state index in [1.54, 1.807) is 4.90 Å². The molecule has 2 aliphatic heterocycles. The highest BCUT2D eigenvalue weighted by atomic mass is 16.2. The van der Waals surface area contributed by atoms with Crippen molar-refractivity contribution < 1.29 is 9.59 Å². The molecule has 0 aromatic heterocycles. The number of hydrogen-bond acceptors (Lipinski definition) is 2. The van der Waals surface area contributed by atoms with Crippen molar-refractivity contribution in [2.45, 2.75) is 44.6 Å². The second-order valence-corrected chi connectivity index (χ2v) is 6.94. The van der Waals surface area contributed by atoms with E-state index in [4.69, 9.17) is 0 Å². The van der Waals surface area contributed by atoms with Gasteiger partial charge in [0.2, 0.25) is 11.8 Å². The average Bonchev–Trinajstić information content (AvgIpc) is 2.61. The highest BCUT2D eigenvalue weighted by Crippen LogP contribution is 2.33. The largest absolute Gasteiger partial charge is 0.341 e. The summed E-state index contributed by atoms with van der Waals surface area (Å²) in [5, 5.41) is 0. The van der Waals surface area contributed by atoms with Crippen LogP contribution in [0.4, 0.5) is 0 Å². The summed E-state index contributed by atoms with van der Waals surface area (Å²) in [5.74, 6) is 0.176. The lowest BCUT2D eigenvalue weighted by Crippen LogP contribution is -2.68. The number of amides is 2. The number of carbonyl (C=O) groups excluding carboxylic acids is 2. The van der Waals surface area contributed by atoms with Gasteiger partial charge < -0.3 is 9.80 Å². The van der Waals surface area contributed by atoms with Crippen LogP contribution in [0, 0.1) is 0 Å². The zero-order valence-corrected chi connectivity index (χ0v) is 14.4. The summed E-state index contributed by atoms with van der Waals surface area (Å²) >= 11 is 0. The maximum atomic E-state index is 12.8. The molecule has 24 heavy (non-hydrogen) atoms. The van der Waals surface area contributed by atoms with E-state index in [0.717, 1.165) is 37.9 Å². The van der Waals surface area contributed by atoms with Crippen LogP contribution in [0.1, 0.15) is 44.6 Å². The molecule has 2 heterocycles. The minimum Gasteiger partial charge on any atom is -0.341 e. The molecule has 0 saturated carbocycles. The SMILES string of the molecule is CC1(C(=O)N2CCCCC2)CCN1C(=O)C/C=C/c1ccccc1. The monoisotopic (exact) mass is 326 g/mol. The summed E-state index contributed by atoms with van der Waals surface area (Å²) in [7, 11) is 0. The van der Waals surface area contributed by atoms with Crippen LogP contribution >= 0.6 is 0 Å². The number of likely N-dealkylation sites (tertiary alicyclic amines) is 2. The zero-order valence-electron chi connectivity index (χ0n) is 14.4. The smallest absolute Gasteiger partial charge is 0.248 e. The summed E-state index contributed by atoms with van der Waals surface area (Å²) in [6.45, 7) is 4.29. The zero-order chi connectivity index (χ0) is 17.0. The van der Waals surface area contributed by atoms with Crippen LogP contribution in [0.2, 0.25) is 0 Å². The first-order valence-electron chi connectivity index (χ1n) is 8.93. The maximum Gasteiger partial charge on any atom is 0.248 e. The first-order valence-corrected chi connectivity index (χ1v) is 8.93. The van der Waals surface area contributed by atoms with Crippen LogP contribution in [0.5, 0.6) is 0 Å². The Morgan fingerprint density at radius 2 is 1.79 bits per heavy atom. The molecule has 0 bridgehead atoms. The molecule has 0 radical (unpaired) electrons. The Kier molecular flexibility index (Phi) is 5.03. The molecule has 1 atom stereocenters. The highest BCUT2D eigenvalue weighted by Gasteiger charge is 2.50. The van der Waals surface area contributed by atoms with Gasteiger partial charge in [-0.3, -0.25) is 9.59 Å². The molecule has 3 rings (SSSR count). The van der Waals surface area contributed by atoms with Crippen molar-refractivity contribution in [3.63, 3.8) is 0 Å². The van der Waals surface area contributed by atoms with E-state index >= 15 is 0 Å². The predicted molar refractivity (Wildman–Crippen MR) is 95.3 cm³/mol. The van der Waals surface area contributed by atoms with Crippen LogP contribution in [0.25, 0.3) is 6.08 Å². The Morgan fingerprint density at radius 3 is 2.42 bits per heavy atom. The van der Waals surface area contributed by atoms with Gasteiger partial charge in [-0.1, -0.05) is 42.5 Å². The second kappa shape index (κ2) is 7.20. The fourth-order valence-electron chi connectivity index (χ4n) is 3.59. The molecule has 2 fully saturated rings. The number of piperidine rings is 1. The minimum absolute atomic E-state index is 0.0429. The van der Waals surface area contributed by atoms with Gasteiger partial charge in [0.1, 0.15) is 5.54 Å². The van der Waals surface area contributed by atoms with Crippen molar-refractivity contribution in [2.75, 3.05) is 19.6 Å². The lowest BCUT2D eigenvalue weighted by atomic mass is 9.84. The van der Waals surface area contributed by atoms with Gasteiger partial charge in [-0.15, -0.1) is 0 Å². The number of benzene rings is 1. The Bertz CT molecular complexity index is 620. The number of hydrogen-bond donors (Lipinski definition) is 0. The maximum absolute atomic E-state index is 12.8. The van der Waals surface area contributed by atoms with Crippen LogP contribution in [-0.4, -0.2) is 46.8 Å². The van der Waals surface area contributed by atoms with Crippen LogP contribution < -0.4 is 0 Å². The van der Waals surface area contributed by atoms with Crippen molar-refractivity contribution in [1.29, 1.82) is 0 Å². The molecule has 1 unspecified atom stereocenters. The van der Waals surface area contributed by atoms with Crippen LogP contribution in [0.15, 0.2) is 36.4 Å². The van der Waals surface area contributed by atoms with Crippen molar-refractivity contribution in [3.8, 4) is 0 Å². The molecule has 128 valence electrons. The van der Waals surface area contributed by atoms with Crippen molar-refractivity contribution >= 4 is 17.9 Å². The minimum atomic E-state index is -0.630. The Balaban J connectivity index is 1.58. The molecule has 0 aliphatic carbocycles. The lowest BCUT2D eigenvalue weighted by Gasteiger charge is -2.51. The van der Waals surface area contributed by atoms with E-state index in [-0.39, 0.29) is 11.8 Å². The molecule has 2 aliphatic rings. The first-order chi connectivity index (χ1) is 11.6. The van der Waals surface area contributed by atoms with Gasteiger partial charge in [-0.05, 0) is 38.2 Å². The average molecular weight is 326 g/mol. The molecular weight excluding hydrogens is 300 g/mol. The third-order valence-electron chi connectivity index (χ3n) is 5.23. The van der Waals surface area contributed by atoms with E-state index in [0.29, 0.717) is 13.0 Å². The molecule has 2 saturated heterocycles. The number of nitrogens with zero attached hydrogens (tertiary/aromatic N) is 2. The van der Waals surface area contributed by atoms with Crippen molar-refractivity contribution in [3.05, 3.63) is 42.0 Å². The highest BCUT2D eigenvalue weighted by molar-refractivity contribution is 5.93. The van der Waals surface area contributed by atoms with E-state index in [1.165, 1.54) is 6.42 Å². The lowest BCUT2D eigenvalue weighted by molar-refractivity contribution is -0.164. The summed E-state index contributed by atoms with van der Waals surface area (Å²) in [4.78, 5) is 29.1. The fraction of sp³-hybridized carbons (Fsp3) is 0.500. The van der Waals surface area contributed by atoms with Gasteiger partial charge in [0, 0.05) is 26.1 Å². The fourth-order valence-corrected chi connectivity index (χ4v) is 3.59. The molecular formula is C20H26N2O2. The molecule has 4 heteroatoms. The normalized spacial score (nSPS) is 24.0. The van der Waals surface area contributed by atoms with Gasteiger partial charge in [0.25, 0.3) is 0 Å². The molecule has 0 spiro atoms. The van der Waals surface area contributed by atoms with E-state index < -0.39 is 5.54 Å². The van der Waals surface area contributed by atoms with E-state index in [2.05, 4.69) is 0 Å². The van der Waals surface area contributed by atoms with Crippen LogP contribution in [0.3, 0.4) is 0 Å². The summed E-state index contributed by atoms with van der Waals surface area (Å²) in [6.07, 6.45) is 8.33. The van der Waals surface area contributed by atoms with Crippen molar-refractivity contribution in [1.82, 2.24) is 9.80 Å². The summed E-state index contributed by atoms with van der Waals surface area (Å²) < 4.78 is 0. The molecule has 4 nitrogen and oxygen atoms in total. The van der Waals surface area contributed by atoms with Crippen molar-refractivity contribution in [2.24, 2.45) is 0 Å². The third kappa shape index (κ3) is 3.37. The molecule has 0 N–H and O–H groups in total. The predicted octanol–water partition coefficient (Wildman–Crippen LogP) is 3.09. The van der Waals surface area contributed by atoms with Gasteiger partial charge >= 0.3 is 0 Å². The summed E-state index contributed by atoms with van der Waals surface area (Å²) in [6, 6.07) is 9.94. The van der Waals surface area contributed by atoms with Gasteiger partial charge in [0.05, 0.1) is 0 Å². The molecule has 2 amide bonds. The van der Waals surface area contributed by atoms with Gasteiger partial charge in [-0.2, -0.15) is 0 Å². The van der Waals surface area contributed by atoms with Gasteiger partial charge in [0.15, 0.2) is 0 Å². The molecule has 1 aromatic rings. The van der Waals surface area contributed by atoms with E-state index in [9.17, 15) is 9.59 Å². The third-order valence-corrected chi connectivity index (χ3v) is 5.23. The quantitative estimate of drug-likeness (QED) is 0.853. The topological polar surface area (TPSA) is 40.6 Å². The van der Waals surface area contributed by atoms with E-state index in [1.807, 2.05) is 54.3 Å². The van der Waals surface area contributed by atoms with Gasteiger partial charge in [-0.25, -0.2) is 0 Å².